The van der Waals surface area contributed by atoms with Gasteiger partial charge in [-0.1, -0.05) is 12.1 Å². The molecule has 1 aliphatic rings. The molecule has 0 spiro atoms. The van der Waals surface area contributed by atoms with E-state index < -0.39 is 0 Å². The molecule has 1 aromatic carbocycles. The first-order chi connectivity index (χ1) is 13.7. The second-order valence-corrected chi connectivity index (χ2v) is 8.79. The highest BCUT2D eigenvalue weighted by molar-refractivity contribution is 7.98. The Bertz CT molecular complexity index is 1070. The van der Waals surface area contributed by atoms with Gasteiger partial charge in [-0.3, -0.25) is 9.59 Å². The average molecular weight is 416 g/mol. The molecule has 0 aliphatic heterocycles. The lowest BCUT2D eigenvalue weighted by Gasteiger charge is -2.09. The molecule has 0 saturated carbocycles. The number of nitrogens with one attached hydrogen (secondary N) is 2. The summed E-state index contributed by atoms with van der Waals surface area (Å²) in [5, 5.41) is 3.65. The van der Waals surface area contributed by atoms with Crippen LogP contribution in [0.3, 0.4) is 0 Å². The van der Waals surface area contributed by atoms with Crippen LogP contribution in [0.4, 0.5) is 5.69 Å². The Kier molecular flexibility index (Phi) is 5.68. The van der Waals surface area contributed by atoms with Crippen molar-refractivity contribution in [1.82, 2.24) is 9.97 Å². The van der Waals surface area contributed by atoms with Gasteiger partial charge in [0, 0.05) is 17.1 Å². The van der Waals surface area contributed by atoms with E-state index in [1.54, 1.807) is 30.2 Å². The lowest BCUT2D eigenvalue weighted by molar-refractivity contribution is -0.115. The van der Waals surface area contributed by atoms with Crippen LogP contribution in [-0.4, -0.2) is 28.7 Å². The first-order valence-corrected chi connectivity index (χ1v) is 11.2. The first kappa shape index (κ1) is 19.0. The van der Waals surface area contributed by atoms with Gasteiger partial charge in [-0.15, -0.1) is 11.3 Å². The molecule has 0 bridgehead atoms. The molecule has 0 atom stereocenters. The number of ether oxygens (including phenoxy) is 1. The van der Waals surface area contributed by atoms with E-state index in [0.717, 1.165) is 29.5 Å². The number of aryl methyl sites for hydroxylation is 2. The van der Waals surface area contributed by atoms with Gasteiger partial charge in [-0.2, -0.15) is 11.8 Å². The van der Waals surface area contributed by atoms with Crippen molar-refractivity contribution < 1.29 is 9.53 Å². The van der Waals surface area contributed by atoms with Crippen LogP contribution in [0.15, 0.2) is 29.1 Å². The van der Waals surface area contributed by atoms with Crippen molar-refractivity contribution in [3.8, 4) is 5.75 Å². The summed E-state index contributed by atoms with van der Waals surface area (Å²) in [4.78, 5) is 34.3. The number of methoxy groups -OCH3 is 1. The summed E-state index contributed by atoms with van der Waals surface area (Å²) in [5.41, 5.74) is 1.83. The molecule has 0 radical (unpaired) electrons. The average Bonchev–Trinajstić information content (AvgIpc) is 3.26. The topological polar surface area (TPSA) is 84.1 Å². The predicted molar refractivity (Wildman–Crippen MR) is 115 cm³/mol. The molecule has 2 N–H and O–H groups in total. The van der Waals surface area contributed by atoms with Crippen LogP contribution >= 0.6 is 23.1 Å². The number of anilines is 1. The molecular formula is C20H21N3O3S2. The molecule has 4 rings (SSSR count). The van der Waals surface area contributed by atoms with E-state index in [4.69, 9.17) is 4.74 Å². The summed E-state index contributed by atoms with van der Waals surface area (Å²) in [6.07, 6.45) is 3.55. The van der Waals surface area contributed by atoms with Crippen LogP contribution in [0.25, 0.3) is 10.2 Å². The number of fused-ring (bicyclic) bond motifs is 3. The van der Waals surface area contributed by atoms with Crippen LogP contribution in [0, 0.1) is 0 Å². The third kappa shape index (κ3) is 3.93. The summed E-state index contributed by atoms with van der Waals surface area (Å²) in [6.45, 7) is 0. The van der Waals surface area contributed by atoms with E-state index in [2.05, 4.69) is 15.3 Å². The normalized spacial score (nSPS) is 12.9. The van der Waals surface area contributed by atoms with Gasteiger partial charge in [0.15, 0.2) is 0 Å². The minimum Gasteiger partial charge on any atom is -0.495 e. The quantitative estimate of drug-likeness (QED) is 0.574. The van der Waals surface area contributed by atoms with Gasteiger partial charge < -0.3 is 15.0 Å². The number of aromatic nitrogens is 2. The highest BCUT2D eigenvalue weighted by Crippen LogP contribution is 2.34. The van der Waals surface area contributed by atoms with E-state index in [9.17, 15) is 9.59 Å². The van der Waals surface area contributed by atoms with Crippen molar-refractivity contribution in [3.63, 3.8) is 0 Å². The zero-order chi connectivity index (χ0) is 19.5. The second kappa shape index (κ2) is 8.36. The molecule has 2 aromatic heterocycles. The van der Waals surface area contributed by atoms with Gasteiger partial charge in [0.2, 0.25) is 5.91 Å². The van der Waals surface area contributed by atoms with Gasteiger partial charge in [-0.25, -0.2) is 4.98 Å². The molecule has 0 saturated heterocycles. The number of hydrogen-bond donors (Lipinski definition) is 2. The SMILES string of the molecule is COc1ccccc1NC(=O)CCSCc1nc2sc3c(c2c(=O)[nH]1)CCC3. The largest absolute Gasteiger partial charge is 0.495 e. The lowest BCUT2D eigenvalue weighted by Crippen LogP contribution is -2.13. The summed E-state index contributed by atoms with van der Waals surface area (Å²) >= 11 is 3.23. The Morgan fingerprint density at radius 1 is 1.36 bits per heavy atom. The standard InChI is InChI=1S/C20H21N3O3S2/c1-26-14-7-3-2-6-13(14)21-17(24)9-10-27-11-16-22-19(25)18-12-5-4-8-15(12)28-20(18)23-16/h2-3,6-7H,4-5,8-11H2,1H3,(H,21,24)(H,22,23,25). The van der Waals surface area contributed by atoms with Gasteiger partial charge in [0.05, 0.1) is 23.9 Å². The third-order valence-corrected chi connectivity index (χ3v) is 6.87. The molecule has 1 amide bonds. The number of carbonyl (C=O) groups is 1. The van der Waals surface area contributed by atoms with Gasteiger partial charge in [-0.05, 0) is 37.0 Å². The molecule has 8 heteroatoms. The lowest BCUT2D eigenvalue weighted by atomic mass is 10.2. The number of amides is 1. The smallest absolute Gasteiger partial charge is 0.259 e. The number of rotatable bonds is 7. The van der Waals surface area contributed by atoms with Crippen LogP contribution in [0.5, 0.6) is 5.75 Å². The van der Waals surface area contributed by atoms with E-state index in [0.29, 0.717) is 35.2 Å². The summed E-state index contributed by atoms with van der Waals surface area (Å²) in [6, 6.07) is 7.33. The monoisotopic (exact) mass is 415 g/mol. The summed E-state index contributed by atoms with van der Waals surface area (Å²) in [5.74, 6) is 2.47. The molecule has 146 valence electrons. The Balaban J connectivity index is 1.32. The number of H-pyrrole nitrogens is 1. The van der Waals surface area contributed by atoms with Crippen LogP contribution in [0.1, 0.15) is 29.1 Å². The fourth-order valence-electron chi connectivity index (χ4n) is 3.41. The number of para-hydroxylation sites is 2. The Morgan fingerprint density at radius 2 is 2.21 bits per heavy atom. The highest BCUT2D eigenvalue weighted by atomic mass is 32.2. The zero-order valence-corrected chi connectivity index (χ0v) is 17.2. The number of hydrogen-bond acceptors (Lipinski definition) is 6. The molecule has 28 heavy (non-hydrogen) atoms. The first-order valence-electron chi connectivity index (χ1n) is 9.19. The maximum atomic E-state index is 12.5. The van der Waals surface area contributed by atoms with Crippen LogP contribution in [0.2, 0.25) is 0 Å². The maximum Gasteiger partial charge on any atom is 0.259 e. The molecule has 0 fully saturated rings. The Morgan fingerprint density at radius 3 is 3.07 bits per heavy atom. The number of benzene rings is 1. The number of carbonyl (C=O) groups excluding carboxylic acids is 1. The van der Waals surface area contributed by atoms with Gasteiger partial charge in [0.25, 0.3) is 5.56 Å². The fourth-order valence-corrected chi connectivity index (χ4v) is 5.49. The number of thioether (sulfide) groups is 1. The summed E-state index contributed by atoms with van der Waals surface area (Å²) in [7, 11) is 1.58. The van der Waals surface area contributed by atoms with Crippen molar-refractivity contribution in [2.45, 2.75) is 31.4 Å². The summed E-state index contributed by atoms with van der Waals surface area (Å²) < 4.78 is 5.24. The molecule has 6 nitrogen and oxygen atoms in total. The number of aromatic amines is 1. The Hall–Kier alpha value is -2.32. The molecule has 0 unspecified atom stereocenters. The molecule has 3 aromatic rings. The predicted octanol–water partition coefficient (Wildman–Crippen LogP) is 3.74. The van der Waals surface area contributed by atoms with Crippen molar-refractivity contribution in [2.75, 3.05) is 18.2 Å². The van der Waals surface area contributed by atoms with Crippen molar-refractivity contribution in [3.05, 3.63) is 50.9 Å². The van der Waals surface area contributed by atoms with Crippen molar-refractivity contribution in [1.29, 1.82) is 0 Å². The molecule has 1 aliphatic carbocycles. The molecule has 2 heterocycles. The zero-order valence-electron chi connectivity index (χ0n) is 15.5. The van der Waals surface area contributed by atoms with Crippen molar-refractivity contribution in [2.24, 2.45) is 0 Å². The third-order valence-electron chi connectivity index (χ3n) is 4.72. The van der Waals surface area contributed by atoms with Gasteiger partial charge in [0.1, 0.15) is 16.4 Å². The van der Waals surface area contributed by atoms with Crippen molar-refractivity contribution >= 4 is 44.9 Å². The van der Waals surface area contributed by atoms with E-state index in [1.165, 1.54) is 10.4 Å². The highest BCUT2D eigenvalue weighted by Gasteiger charge is 2.21. The van der Waals surface area contributed by atoms with Crippen LogP contribution < -0.4 is 15.6 Å². The van der Waals surface area contributed by atoms with Crippen LogP contribution in [-0.2, 0) is 23.4 Å². The minimum atomic E-state index is -0.0661. The number of thiophene rings is 1. The Labute approximate surface area is 170 Å². The van der Waals surface area contributed by atoms with E-state index in [-0.39, 0.29) is 11.5 Å². The second-order valence-electron chi connectivity index (χ2n) is 6.60. The van der Waals surface area contributed by atoms with E-state index in [1.807, 2.05) is 24.3 Å². The molecular weight excluding hydrogens is 394 g/mol. The maximum absolute atomic E-state index is 12.5. The fraction of sp³-hybridized carbons (Fsp3) is 0.350. The minimum absolute atomic E-state index is 0.0334. The van der Waals surface area contributed by atoms with Gasteiger partial charge >= 0.3 is 0 Å². The number of nitrogens with zero attached hydrogens (tertiary/aromatic N) is 1. The van der Waals surface area contributed by atoms with E-state index >= 15 is 0 Å².